The summed E-state index contributed by atoms with van der Waals surface area (Å²) in [5.74, 6) is 0. The minimum atomic E-state index is 0.398. The smallest absolute Gasteiger partial charge is 0.0518 e. The molecule has 0 aromatic heterocycles. The molecule has 0 aliphatic heterocycles. The molecule has 0 amide bonds. The molecule has 0 fully saturated rings. The number of hydrogen-bond donors (Lipinski definition) is 0. The Morgan fingerprint density at radius 3 is 1.54 bits per heavy atom. The highest BCUT2D eigenvalue weighted by Gasteiger charge is 1.83. The van der Waals surface area contributed by atoms with Crippen LogP contribution >= 0.6 is 0 Å². The second-order valence-corrected chi connectivity index (χ2v) is 3.12. The van der Waals surface area contributed by atoms with E-state index in [-0.39, 0.29) is 0 Å². The maximum atomic E-state index is 5.13. The summed E-state index contributed by atoms with van der Waals surface area (Å²) in [7, 11) is 0. The van der Waals surface area contributed by atoms with Gasteiger partial charge in [0.2, 0.25) is 0 Å². The minimum Gasteiger partial charge on any atom is -0.381 e. The van der Waals surface area contributed by atoms with Crippen molar-refractivity contribution in [2.24, 2.45) is 0 Å². The van der Waals surface area contributed by atoms with Crippen molar-refractivity contribution in [3.63, 3.8) is 0 Å². The average molecular weight is 190 g/mol. The Labute approximate surface area is 83.6 Å². The van der Waals surface area contributed by atoms with Gasteiger partial charge in [-0.3, -0.25) is 0 Å². The van der Waals surface area contributed by atoms with Crippen molar-refractivity contribution >= 4 is 0 Å². The standard InChI is InChI=1S/C6H14O.C5H12O/c1-3-5-7-6-4-2;1-4-6-5(2)3/h3-6H2,1-2H3;5H,4H2,1-3H3. The first-order valence-corrected chi connectivity index (χ1v) is 5.38. The lowest BCUT2D eigenvalue weighted by atomic mass is 10.5. The predicted octanol–water partition coefficient (Wildman–Crippen LogP) is 3.25. The highest BCUT2D eigenvalue weighted by atomic mass is 16.5. The summed E-state index contributed by atoms with van der Waals surface area (Å²) < 4.78 is 10.2. The summed E-state index contributed by atoms with van der Waals surface area (Å²) in [4.78, 5) is 0. The molecule has 2 heteroatoms. The van der Waals surface area contributed by atoms with Crippen LogP contribution < -0.4 is 0 Å². The molecule has 0 N–H and O–H groups in total. The summed E-state index contributed by atoms with van der Waals surface area (Å²) >= 11 is 0. The van der Waals surface area contributed by atoms with Gasteiger partial charge in [-0.15, -0.1) is 0 Å². The van der Waals surface area contributed by atoms with Crippen molar-refractivity contribution in [3.8, 4) is 0 Å². The maximum Gasteiger partial charge on any atom is 0.0518 e. The van der Waals surface area contributed by atoms with Crippen LogP contribution in [0.25, 0.3) is 0 Å². The van der Waals surface area contributed by atoms with Crippen LogP contribution in [-0.2, 0) is 9.47 Å². The van der Waals surface area contributed by atoms with Gasteiger partial charge in [-0.05, 0) is 33.6 Å². The van der Waals surface area contributed by atoms with Crippen LogP contribution in [0.4, 0.5) is 0 Å². The van der Waals surface area contributed by atoms with E-state index >= 15 is 0 Å². The van der Waals surface area contributed by atoms with Crippen molar-refractivity contribution in [1.82, 2.24) is 0 Å². The van der Waals surface area contributed by atoms with Gasteiger partial charge < -0.3 is 9.47 Å². The number of hydrogen-bond acceptors (Lipinski definition) is 2. The van der Waals surface area contributed by atoms with E-state index in [4.69, 9.17) is 9.47 Å². The fraction of sp³-hybridized carbons (Fsp3) is 1.00. The van der Waals surface area contributed by atoms with Crippen molar-refractivity contribution in [3.05, 3.63) is 0 Å². The van der Waals surface area contributed by atoms with Gasteiger partial charge in [0.1, 0.15) is 0 Å². The molecule has 0 rings (SSSR count). The molecule has 0 aromatic carbocycles. The Bertz CT molecular complexity index is 68.5. The third kappa shape index (κ3) is 24.5. The predicted molar refractivity (Wildman–Crippen MR) is 58.2 cm³/mol. The van der Waals surface area contributed by atoms with Gasteiger partial charge in [-0.1, -0.05) is 13.8 Å². The molecule has 0 saturated heterocycles. The van der Waals surface area contributed by atoms with Crippen molar-refractivity contribution < 1.29 is 9.47 Å². The topological polar surface area (TPSA) is 18.5 Å². The lowest BCUT2D eigenvalue weighted by Crippen LogP contribution is -1.99. The van der Waals surface area contributed by atoms with Crippen molar-refractivity contribution in [2.75, 3.05) is 19.8 Å². The largest absolute Gasteiger partial charge is 0.381 e. The molecule has 2 nitrogen and oxygen atoms in total. The summed E-state index contributed by atoms with van der Waals surface area (Å²) in [5.41, 5.74) is 0. The highest BCUT2D eigenvalue weighted by Crippen LogP contribution is 1.83. The molecule has 0 aliphatic carbocycles. The zero-order valence-corrected chi connectivity index (χ0v) is 9.93. The van der Waals surface area contributed by atoms with E-state index < -0.39 is 0 Å². The minimum absolute atomic E-state index is 0.398. The van der Waals surface area contributed by atoms with Crippen LogP contribution in [0.2, 0.25) is 0 Å². The summed E-state index contributed by atoms with van der Waals surface area (Å²) in [5, 5.41) is 0. The zero-order valence-electron chi connectivity index (χ0n) is 9.93. The maximum absolute atomic E-state index is 5.13. The fourth-order valence-electron chi connectivity index (χ4n) is 0.724. The fourth-order valence-corrected chi connectivity index (χ4v) is 0.724. The molecule has 0 bridgehead atoms. The Morgan fingerprint density at radius 1 is 0.923 bits per heavy atom. The quantitative estimate of drug-likeness (QED) is 0.599. The molecule has 0 spiro atoms. The van der Waals surface area contributed by atoms with Gasteiger partial charge in [0.15, 0.2) is 0 Å². The molecule has 0 unspecified atom stereocenters. The molecule has 0 saturated carbocycles. The lowest BCUT2D eigenvalue weighted by Gasteiger charge is -2.00. The van der Waals surface area contributed by atoms with E-state index in [0.717, 1.165) is 32.7 Å². The number of ether oxygens (including phenoxy) is 2. The molecule has 0 heterocycles. The summed E-state index contributed by atoms with van der Waals surface area (Å²) in [6, 6.07) is 0. The monoisotopic (exact) mass is 190 g/mol. The van der Waals surface area contributed by atoms with Crippen molar-refractivity contribution in [2.45, 2.75) is 53.6 Å². The molecule has 0 aromatic rings. The molecule has 82 valence electrons. The van der Waals surface area contributed by atoms with Crippen LogP contribution in [0.15, 0.2) is 0 Å². The van der Waals surface area contributed by atoms with Gasteiger partial charge in [-0.2, -0.15) is 0 Å². The third-order valence-corrected chi connectivity index (χ3v) is 1.20. The normalized spacial score (nSPS) is 9.69. The van der Waals surface area contributed by atoms with E-state index in [9.17, 15) is 0 Å². The van der Waals surface area contributed by atoms with E-state index in [2.05, 4.69) is 13.8 Å². The second-order valence-electron chi connectivity index (χ2n) is 3.12. The van der Waals surface area contributed by atoms with E-state index in [1.165, 1.54) is 0 Å². The zero-order chi connectivity index (χ0) is 10.5. The van der Waals surface area contributed by atoms with E-state index in [1.807, 2.05) is 20.8 Å². The average Bonchev–Trinajstić information content (AvgIpc) is 2.06. The number of rotatable bonds is 6. The Hall–Kier alpha value is -0.0800. The molecule has 0 radical (unpaired) electrons. The molecule has 13 heavy (non-hydrogen) atoms. The van der Waals surface area contributed by atoms with Crippen LogP contribution in [-0.4, -0.2) is 25.9 Å². The summed E-state index contributed by atoms with van der Waals surface area (Å²) in [6.07, 6.45) is 2.68. The molecule has 0 atom stereocenters. The first kappa shape index (κ1) is 15.4. The SMILES string of the molecule is CCCOCCC.CCOC(C)C. The van der Waals surface area contributed by atoms with Crippen LogP contribution in [0, 0.1) is 0 Å². The highest BCUT2D eigenvalue weighted by molar-refractivity contribution is 4.30. The Balaban J connectivity index is 0. The Morgan fingerprint density at radius 2 is 1.38 bits per heavy atom. The van der Waals surface area contributed by atoms with E-state index in [1.54, 1.807) is 0 Å². The van der Waals surface area contributed by atoms with Crippen LogP contribution in [0.5, 0.6) is 0 Å². The van der Waals surface area contributed by atoms with Gasteiger partial charge in [0.25, 0.3) is 0 Å². The molecular formula is C11H26O2. The third-order valence-electron chi connectivity index (χ3n) is 1.20. The summed E-state index contributed by atoms with van der Waals surface area (Å²) in [6.45, 7) is 13.0. The van der Waals surface area contributed by atoms with Crippen LogP contribution in [0.3, 0.4) is 0 Å². The van der Waals surface area contributed by atoms with Gasteiger partial charge in [-0.25, -0.2) is 0 Å². The first-order valence-electron chi connectivity index (χ1n) is 5.38. The molecule has 0 aliphatic rings. The van der Waals surface area contributed by atoms with Gasteiger partial charge in [0, 0.05) is 19.8 Å². The lowest BCUT2D eigenvalue weighted by molar-refractivity contribution is 0.0899. The first-order chi connectivity index (χ1) is 6.18. The van der Waals surface area contributed by atoms with E-state index in [0.29, 0.717) is 6.10 Å². The Kier molecular flexibility index (Phi) is 17.1. The van der Waals surface area contributed by atoms with Gasteiger partial charge >= 0.3 is 0 Å². The van der Waals surface area contributed by atoms with Crippen molar-refractivity contribution in [1.29, 1.82) is 0 Å². The van der Waals surface area contributed by atoms with Crippen LogP contribution in [0.1, 0.15) is 47.5 Å². The molecular weight excluding hydrogens is 164 g/mol. The second kappa shape index (κ2) is 14.4. The van der Waals surface area contributed by atoms with Gasteiger partial charge in [0.05, 0.1) is 6.10 Å².